The van der Waals surface area contributed by atoms with E-state index in [-0.39, 0.29) is 30.9 Å². The number of hydrogen-bond donors (Lipinski definition) is 0. The van der Waals surface area contributed by atoms with Crippen LogP contribution < -0.4 is 10.3 Å². The number of Topliss-reactive ketones (excluding diaryl/α,β-unsaturated/α-hetero) is 1. The molecule has 0 bridgehead atoms. The Morgan fingerprint density at radius 3 is 2.67 bits per heavy atom. The summed E-state index contributed by atoms with van der Waals surface area (Å²) in [7, 11) is 1.34. The zero-order chi connectivity index (χ0) is 28.1. The van der Waals surface area contributed by atoms with Crippen molar-refractivity contribution in [2.45, 2.75) is 52.5 Å². The molecule has 0 radical (unpaired) electrons. The van der Waals surface area contributed by atoms with E-state index >= 15 is 0 Å². The Balaban J connectivity index is 1.48. The first-order valence-corrected chi connectivity index (χ1v) is 13.8. The fourth-order valence-electron chi connectivity index (χ4n) is 5.20. The van der Waals surface area contributed by atoms with Crippen molar-refractivity contribution in [3.8, 4) is 16.9 Å². The van der Waals surface area contributed by atoms with Crippen molar-refractivity contribution in [1.82, 2.24) is 14.5 Å². The number of hydrogen-bond acceptors (Lipinski definition) is 8. The molecular weight excluding hydrogens is 538 g/mol. The lowest BCUT2D eigenvalue weighted by Crippen LogP contribution is -2.40. The van der Waals surface area contributed by atoms with Crippen molar-refractivity contribution < 1.29 is 19.1 Å². The number of aryl methyl sites for hydroxylation is 2. The summed E-state index contributed by atoms with van der Waals surface area (Å²) in [6.45, 7) is 8.01. The molecule has 0 N–H and O–H groups in total. The van der Waals surface area contributed by atoms with Crippen LogP contribution in [0.4, 0.5) is 0 Å². The van der Waals surface area contributed by atoms with Crippen molar-refractivity contribution in [3.05, 3.63) is 73.4 Å². The SMILES string of the molecule is COC(=O)c1csc2c(-c3cc(Cl)ccc3OCCn3c(C)nc4c(c3=O)CC(=O)CC4(C)C)cc(C)nc12. The first-order chi connectivity index (χ1) is 18.5. The third kappa shape index (κ3) is 4.96. The third-order valence-corrected chi connectivity index (χ3v) is 8.21. The van der Waals surface area contributed by atoms with Gasteiger partial charge in [-0.3, -0.25) is 19.1 Å². The molecule has 4 aromatic rings. The van der Waals surface area contributed by atoms with E-state index in [9.17, 15) is 14.4 Å². The van der Waals surface area contributed by atoms with Crippen LogP contribution in [-0.4, -0.2) is 40.0 Å². The molecule has 0 unspecified atom stereocenters. The average Bonchev–Trinajstić information content (AvgIpc) is 3.30. The molecule has 5 rings (SSSR count). The maximum absolute atomic E-state index is 13.4. The molecule has 3 aromatic heterocycles. The van der Waals surface area contributed by atoms with Crippen molar-refractivity contribution in [2.75, 3.05) is 13.7 Å². The van der Waals surface area contributed by atoms with E-state index in [1.54, 1.807) is 29.0 Å². The van der Waals surface area contributed by atoms with E-state index in [4.69, 9.17) is 26.1 Å². The molecule has 3 heterocycles. The standard InChI is InChI=1S/C29H28ClN3O5S/c1-15-10-20(25-24(31-15)22(14-39-25)28(36)37-5)19-11-17(30)6-7-23(19)38-9-8-33-16(2)32-26-21(27(33)35)12-18(34)13-29(26,3)4/h6-7,10-11,14H,8-9,12-13H2,1-5H3. The van der Waals surface area contributed by atoms with Crippen molar-refractivity contribution in [1.29, 1.82) is 0 Å². The summed E-state index contributed by atoms with van der Waals surface area (Å²) in [6.07, 6.45) is 0.490. The highest BCUT2D eigenvalue weighted by Crippen LogP contribution is 2.40. The summed E-state index contributed by atoms with van der Waals surface area (Å²) >= 11 is 7.78. The van der Waals surface area contributed by atoms with E-state index in [0.29, 0.717) is 45.4 Å². The number of halogens is 1. The number of carbonyl (C=O) groups is 2. The summed E-state index contributed by atoms with van der Waals surface area (Å²) in [6, 6.07) is 7.27. The van der Waals surface area contributed by atoms with Crippen LogP contribution in [0.15, 0.2) is 34.4 Å². The fourth-order valence-corrected chi connectivity index (χ4v) is 6.38. The van der Waals surface area contributed by atoms with Crippen LogP contribution >= 0.6 is 22.9 Å². The summed E-state index contributed by atoms with van der Waals surface area (Å²) in [5.74, 6) is 0.762. The predicted molar refractivity (Wildman–Crippen MR) is 151 cm³/mol. The molecule has 0 aliphatic heterocycles. The van der Waals surface area contributed by atoms with Gasteiger partial charge in [-0.2, -0.15) is 0 Å². The van der Waals surface area contributed by atoms with Gasteiger partial charge in [0.2, 0.25) is 0 Å². The zero-order valence-corrected chi connectivity index (χ0v) is 24.0. The third-order valence-electron chi connectivity index (χ3n) is 6.97. The molecule has 0 spiro atoms. The van der Waals surface area contributed by atoms with Gasteiger partial charge in [0.1, 0.15) is 24.0 Å². The van der Waals surface area contributed by atoms with Crippen LogP contribution in [0, 0.1) is 13.8 Å². The minimum Gasteiger partial charge on any atom is -0.491 e. The number of methoxy groups -OCH3 is 1. The van der Waals surface area contributed by atoms with Gasteiger partial charge in [-0.15, -0.1) is 11.3 Å². The van der Waals surface area contributed by atoms with Crippen LogP contribution in [0.25, 0.3) is 21.3 Å². The number of pyridine rings is 1. The smallest absolute Gasteiger partial charge is 0.340 e. The highest BCUT2D eigenvalue weighted by Gasteiger charge is 2.36. The van der Waals surface area contributed by atoms with Gasteiger partial charge >= 0.3 is 5.97 Å². The predicted octanol–water partition coefficient (Wildman–Crippen LogP) is 5.45. The quantitative estimate of drug-likeness (QED) is 0.287. The topological polar surface area (TPSA) is 100 Å². The van der Waals surface area contributed by atoms with Crippen LogP contribution in [-0.2, 0) is 27.9 Å². The number of esters is 1. The Morgan fingerprint density at radius 1 is 1.15 bits per heavy atom. The lowest BCUT2D eigenvalue weighted by Gasteiger charge is -2.30. The van der Waals surface area contributed by atoms with Crippen molar-refractivity contribution in [2.24, 2.45) is 0 Å². The summed E-state index contributed by atoms with van der Waals surface area (Å²) < 4.78 is 13.5. The summed E-state index contributed by atoms with van der Waals surface area (Å²) in [5, 5.41) is 2.27. The second-order valence-electron chi connectivity index (χ2n) is 10.3. The van der Waals surface area contributed by atoms with Gasteiger partial charge in [0, 0.05) is 51.0 Å². The number of ether oxygens (including phenoxy) is 2. The first-order valence-electron chi connectivity index (χ1n) is 12.5. The van der Waals surface area contributed by atoms with Gasteiger partial charge in [-0.05, 0) is 38.1 Å². The molecule has 0 saturated carbocycles. The van der Waals surface area contributed by atoms with E-state index < -0.39 is 11.4 Å². The molecule has 1 aliphatic rings. The highest BCUT2D eigenvalue weighted by molar-refractivity contribution is 7.18. The molecule has 1 aromatic carbocycles. The Kier molecular flexibility index (Phi) is 7.07. The lowest BCUT2D eigenvalue weighted by atomic mass is 9.75. The minimum atomic E-state index is -0.466. The summed E-state index contributed by atoms with van der Waals surface area (Å²) in [4.78, 5) is 47.3. The Morgan fingerprint density at radius 2 is 1.92 bits per heavy atom. The fraction of sp³-hybridized carbons (Fsp3) is 0.345. The molecular formula is C29H28ClN3O5S. The van der Waals surface area contributed by atoms with E-state index in [2.05, 4.69) is 4.98 Å². The molecule has 8 nitrogen and oxygen atoms in total. The molecule has 0 saturated heterocycles. The summed E-state index contributed by atoms with van der Waals surface area (Å²) in [5.41, 5.74) is 3.80. The van der Waals surface area contributed by atoms with Crippen molar-refractivity contribution >= 4 is 44.9 Å². The van der Waals surface area contributed by atoms with Crippen molar-refractivity contribution in [3.63, 3.8) is 0 Å². The van der Waals surface area contributed by atoms with Crippen LogP contribution in [0.5, 0.6) is 5.75 Å². The normalized spacial score (nSPS) is 14.4. The molecule has 10 heteroatoms. The molecule has 202 valence electrons. The molecule has 1 aliphatic carbocycles. The van der Waals surface area contributed by atoms with Gasteiger partial charge in [0.05, 0.1) is 35.1 Å². The Labute approximate surface area is 234 Å². The molecule has 0 amide bonds. The van der Waals surface area contributed by atoms with E-state index in [0.717, 1.165) is 21.5 Å². The number of rotatable bonds is 6. The van der Waals surface area contributed by atoms with E-state index in [1.165, 1.54) is 18.4 Å². The van der Waals surface area contributed by atoms with Crippen LogP contribution in [0.3, 0.4) is 0 Å². The number of carbonyl (C=O) groups excluding carboxylic acids is 2. The van der Waals surface area contributed by atoms with Gasteiger partial charge in [-0.1, -0.05) is 25.4 Å². The van der Waals surface area contributed by atoms with Gasteiger partial charge in [0.15, 0.2) is 0 Å². The first kappa shape index (κ1) is 27.0. The van der Waals surface area contributed by atoms with Crippen LogP contribution in [0.1, 0.15) is 53.4 Å². The lowest BCUT2D eigenvalue weighted by molar-refractivity contribution is -0.120. The number of fused-ring (bicyclic) bond motifs is 2. The van der Waals surface area contributed by atoms with Gasteiger partial charge in [0.25, 0.3) is 5.56 Å². The molecule has 0 atom stereocenters. The number of aromatic nitrogens is 3. The number of ketones is 1. The average molecular weight is 566 g/mol. The maximum Gasteiger partial charge on any atom is 0.340 e. The Bertz CT molecular complexity index is 1710. The number of thiophene rings is 1. The maximum atomic E-state index is 13.4. The zero-order valence-electron chi connectivity index (χ0n) is 22.4. The Hall–Kier alpha value is -3.56. The monoisotopic (exact) mass is 565 g/mol. The minimum absolute atomic E-state index is 0.0479. The molecule has 39 heavy (non-hydrogen) atoms. The van der Waals surface area contributed by atoms with Gasteiger partial charge in [-0.25, -0.2) is 9.78 Å². The number of benzene rings is 1. The van der Waals surface area contributed by atoms with Crippen LogP contribution in [0.2, 0.25) is 5.02 Å². The van der Waals surface area contributed by atoms with Gasteiger partial charge < -0.3 is 9.47 Å². The molecule has 0 fully saturated rings. The second-order valence-corrected chi connectivity index (χ2v) is 11.7. The largest absolute Gasteiger partial charge is 0.491 e. The highest BCUT2D eigenvalue weighted by atomic mass is 35.5. The van der Waals surface area contributed by atoms with E-state index in [1.807, 2.05) is 32.9 Å². The number of nitrogens with zero attached hydrogens (tertiary/aromatic N) is 3. The second kappa shape index (κ2) is 10.2.